The molecule has 0 aromatic carbocycles. The Morgan fingerprint density at radius 3 is 0.747 bits per heavy atom. The third-order valence-electron chi connectivity index (χ3n) is 16.7. The van der Waals surface area contributed by atoms with Gasteiger partial charge in [0.1, 0.15) is 19.3 Å². The van der Waals surface area contributed by atoms with Crippen LogP contribution in [-0.2, 0) is 65.4 Å². The zero-order valence-corrected chi connectivity index (χ0v) is 60.9. The van der Waals surface area contributed by atoms with Crippen molar-refractivity contribution in [2.45, 2.75) is 387 Å². The van der Waals surface area contributed by atoms with E-state index in [1.54, 1.807) is 0 Å². The lowest BCUT2D eigenvalue weighted by molar-refractivity contribution is -0.161. The van der Waals surface area contributed by atoms with Crippen molar-refractivity contribution in [3.05, 3.63) is 0 Å². The number of carbonyl (C=O) groups excluding carboxylic acids is 4. The number of hydrogen-bond donors (Lipinski definition) is 3. The number of unbranched alkanes of at least 4 members (excludes halogenated alkanes) is 41. The molecule has 0 aromatic rings. The number of carbonyl (C=O) groups is 4. The second-order valence-corrected chi connectivity index (χ2v) is 29.8. The maximum absolute atomic E-state index is 13.1. The number of rotatable bonds is 71. The molecule has 0 saturated heterocycles. The van der Waals surface area contributed by atoms with Crippen LogP contribution in [-0.4, -0.2) is 96.7 Å². The Hall–Kier alpha value is -1.94. The predicted molar refractivity (Wildman–Crippen MR) is 368 cm³/mol. The first-order valence-corrected chi connectivity index (χ1v) is 40.5. The van der Waals surface area contributed by atoms with Crippen LogP contribution in [0.2, 0.25) is 0 Å². The highest BCUT2D eigenvalue weighted by molar-refractivity contribution is 7.47. The van der Waals surface area contributed by atoms with Crippen molar-refractivity contribution in [3.63, 3.8) is 0 Å². The van der Waals surface area contributed by atoms with Gasteiger partial charge in [-0.05, 0) is 37.5 Å². The molecule has 2 unspecified atom stereocenters. The van der Waals surface area contributed by atoms with Crippen molar-refractivity contribution >= 4 is 39.5 Å². The van der Waals surface area contributed by atoms with Gasteiger partial charge in [0, 0.05) is 25.7 Å². The lowest BCUT2D eigenvalue weighted by Gasteiger charge is -2.21. The molecule has 0 radical (unpaired) electrons. The summed E-state index contributed by atoms with van der Waals surface area (Å²) in [4.78, 5) is 72.3. The molecule has 0 amide bonds. The molecule has 0 aliphatic carbocycles. The molecule has 0 heterocycles. The van der Waals surface area contributed by atoms with Crippen LogP contribution in [0.15, 0.2) is 0 Å². The Morgan fingerprint density at radius 1 is 0.297 bits per heavy atom. The van der Waals surface area contributed by atoms with E-state index in [2.05, 4.69) is 41.5 Å². The van der Waals surface area contributed by atoms with Crippen LogP contribution in [0.3, 0.4) is 0 Å². The van der Waals surface area contributed by atoms with Crippen LogP contribution in [0, 0.1) is 11.8 Å². The second-order valence-electron chi connectivity index (χ2n) is 26.9. The first kappa shape index (κ1) is 89.1. The fourth-order valence-electron chi connectivity index (χ4n) is 10.9. The second kappa shape index (κ2) is 64.1. The zero-order chi connectivity index (χ0) is 67.2. The molecule has 0 bridgehead atoms. The van der Waals surface area contributed by atoms with Crippen LogP contribution in [0.1, 0.15) is 369 Å². The number of esters is 4. The Labute approximate surface area is 556 Å². The number of hydrogen-bond acceptors (Lipinski definition) is 15. The summed E-state index contributed by atoms with van der Waals surface area (Å²) in [6.07, 6.45) is 50.7. The molecule has 0 aliphatic rings. The molecule has 540 valence electrons. The van der Waals surface area contributed by atoms with E-state index in [0.717, 1.165) is 102 Å². The van der Waals surface area contributed by atoms with Gasteiger partial charge in [0.25, 0.3) is 0 Å². The summed E-state index contributed by atoms with van der Waals surface area (Å²) in [6.45, 7) is 9.41. The average molecular weight is 1340 g/mol. The molecule has 19 heteroatoms. The van der Waals surface area contributed by atoms with Gasteiger partial charge >= 0.3 is 39.5 Å². The van der Waals surface area contributed by atoms with Gasteiger partial charge in [-0.2, -0.15) is 0 Å². The Bertz CT molecular complexity index is 1770. The highest BCUT2D eigenvalue weighted by Gasteiger charge is 2.30. The van der Waals surface area contributed by atoms with Crippen molar-refractivity contribution in [3.8, 4) is 0 Å². The fourth-order valence-corrected chi connectivity index (χ4v) is 12.5. The minimum absolute atomic E-state index is 0.101. The van der Waals surface area contributed by atoms with E-state index in [1.165, 1.54) is 180 Å². The molecular formula is C72H140O17P2. The molecule has 91 heavy (non-hydrogen) atoms. The summed E-state index contributed by atoms with van der Waals surface area (Å²) >= 11 is 0. The zero-order valence-electron chi connectivity index (χ0n) is 59.1. The van der Waals surface area contributed by atoms with Gasteiger partial charge in [0.15, 0.2) is 12.2 Å². The van der Waals surface area contributed by atoms with Crippen molar-refractivity contribution in [1.29, 1.82) is 0 Å². The number of phosphoric ester groups is 2. The van der Waals surface area contributed by atoms with E-state index in [1.807, 2.05) is 0 Å². The van der Waals surface area contributed by atoms with Crippen LogP contribution < -0.4 is 0 Å². The molecule has 0 aromatic heterocycles. The first-order chi connectivity index (χ1) is 43.9. The van der Waals surface area contributed by atoms with E-state index in [-0.39, 0.29) is 25.7 Å². The minimum Gasteiger partial charge on any atom is -0.462 e. The fraction of sp³-hybridized carbons (Fsp3) is 0.944. The molecule has 3 N–H and O–H groups in total. The maximum atomic E-state index is 13.1. The standard InChI is InChI=1S/C72H140O17P2/c1-7-9-11-13-14-15-16-17-18-19-20-24-27-30-33-36-43-49-55-70(75)83-61-68(88-71(76)56-50-44-37-34-31-28-25-22-21-23-26-29-32-35-41-46-52-64(3)4)63-87-91(80,81)85-59-66(73)58-84-90(78,79)86-62-67(60-82-69(74)54-48-40-12-10-8-2)89-72(77)57-51-45-39-38-42-47-53-65(5)6/h64-68,73H,7-63H2,1-6H3,(H,78,79)(H,80,81)/t66-,67+,68+/m0/s1. The van der Waals surface area contributed by atoms with Gasteiger partial charge in [0.05, 0.1) is 26.4 Å². The van der Waals surface area contributed by atoms with E-state index < -0.39 is 97.5 Å². The Balaban J connectivity index is 5.12. The number of ether oxygens (including phenoxy) is 4. The predicted octanol–water partition coefficient (Wildman–Crippen LogP) is 20.8. The van der Waals surface area contributed by atoms with E-state index in [4.69, 9.17) is 37.0 Å². The third kappa shape index (κ3) is 66.5. The molecule has 17 nitrogen and oxygen atoms in total. The summed E-state index contributed by atoms with van der Waals surface area (Å²) in [5.41, 5.74) is 0. The van der Waals surface area contributed by atoms with E-state index in [0.29, 0.717) is 31.6 Å². The van der Waals surface area contributed by atoms with Crippen molar-refractivity contribution in [1.82, 2.24) is 0 Å². The quantitative estimate of drug-likeness (QED) is 0.0222. The highest BCUT2D eigenvalue weighted by Crippen LogP contribution is 2.45. The van der Waals surface area contributed by atoms with Crippen molar-refractivity contribution < 1.29 is 80.2 Å². The van der Waals surface area contributed by atoms with Gasteiger partial charge in [0.2, 0.25) is 0 Å². The molecule has 0 spiro atoms. The van der Waals surface area contributed by atoms with Crippen LogP contribution in [0.25, 0.3) is 0 Å². The number of phosphoric acid groups is 2. The normalized spacial score (nSPS) is 14.1. The van der Waals surface area contributed by atoms with E-state index >= 15 is 0 Å². The lowest BCUT2D eigenvalue weighted by atomic mass is 10.0. The number of aliphatic hydroxyl groups excluding tert-OH is 1. The van der Waals surface area contributed by atoms with Gasteiger partial charge in [-0.3, -0.25) is 37.3 Å². The van der Waals surface area contributed by atoms with Crippen LogP contribution in [0.4, 0.5) is 0 Å². The average Bonchev–Trinajstić information content (AvgIpc) is 3.44. The van der Waals surface area contributed by atoms with Gasteiger partial charge in [-0.1, -0.05) is 318 Å². The SMILES string of the molecule is CCCCCCCCCCCCCCCCCCCCC(=O)OC[C@H](COP(=O)(O)OC[C@@H](O)COP(=O)(O)OC[C@@H](COC(=O)CCCCCCC)OC(=O)CCCCCCCCC(C)C)OC(=O)CCCCCCCCCCCCCCCCCCC(C)C. The Kier molecular flexibility index (Phi) is 62.7. The summed E-state index contributed by atoms with van der Waals surface area (Å²) in [5, 5.41) is 10.6. The highest BCUT2D eigenvalue weighted by atomic mass is 31.2. The summed E-state index contributed by atoms with van der Waals surface area (Å²) in [6, 6.07) is 0. The molecule has 0 saturated carbocycles. The largest absolute Gasteiger partial charge is 0.472 e. The molecule has 0 fully saturated rings. The molecule has 5 atom stereocenters. The van der Waals surface area contributed by atoms with E-state index in [9.17, 15) is 43.2 Å². The Morgan fingerprint density at radius 2 is 0.505 bits per heavy atom. The minimum atomic E-state index is -4.95. The van der Waals surface area contributed by atoms with Gasteiger partial charge in [-0.15, -0.1) is 0 Å². The van der Waals surface area contributed by atoms with Crippen molar-refractivity contribution in [2.24, 2.45) is 11.8 Å². The monoisotopic (exact) mass is 1340 g/mol. The summed E-state index contributed by atoms with van der Waals surface area (Å²) in [5.74, 6) is -0.658. The first-order valence-electron chi connectivity index (χ1n) is 37.5. The maximum Gasteiger partial charge on any atom is 0.472 e. The molecule has 0 aliphatic heterocycles. The third-order valence-corrected chi connectivity index (χ3v) is 18.6. The van der Waals surface area contributed by atoms with Crippen LogP contribution >= 0.6 is 15.6 Å². The smallest absolute Gasteiger partial charge is 0.462 e. The molecular weight excluding hydrogens is 1200 g/mol. The lowest BCUT2D eigenvalue weighted by Crippen LogP contribution is -2.30. The van der Waals surface area contributed by atoms with Crippen LogP contribution in [0.5, 0.6) is 0 Å². The molecule has 0 rings (SSSR count). The topological polar surface area (TPSA) is 237 Å². The van der Waals surface area contributed by atoms with Crippen molar-refractivity contribution in [2.75, 3.05) is 39.6 Å². The van der Waals surface area contributed by atoms with Gasteiger partial charge < -0.3 is 33.8 Å². The van der Waals surface area contributed by atoms with Gasteiger partial charge in [-0.25, -0.2) is 9.13 Å². The summed E-state index contributed by atoms with van der Waals surface area (Å²) in [7, 11) is -9.89. The number of aliphatic hydroxyl groups is 1. The summed E-state index contributed by atoms with van der Waals surface area (Å²) < 4.78 is 68.1.